The number of rotatable bonds is 1. The highest BCUT2D eigenvalue weighted by Gasteiger charge is 2.74. The van der Waals surface area contributed by atoms with E-state index in [1.807, 2.05) is 0 Å². The predicted octanol–water partition coefficient (Wildman–Crippen LogP) is 1.14. The van der Waals surface area contributed by atoms with E-state index in [2.05, 4.69) is 6.29 Å². The van der Waals surface area contributed by atoms with E-state index in [0.29, 0.717) is 0 Å². The normalized spacial score (nSPS) is 66.4. The fraction of sp³-hybridized carbons (Fsp3) is 0.875. The fourth-order valence-corrected chi connectivity index (χ4v) is 3.26. The summed E-state index contributed by atoms with van der Waals surface area (Å²) >= 11 is 0. The van der Waals surface area contributed by atoms with E-state index in [1.165, 1.54) is 19.3 Å². The first-order valence-electron chi connectivity index (χ1n) is 3.77. The lowest BCUT2D eigenvalue weighted by Crippen LogP contribution is -2.72. The summed E-state index contributed by atoms with van der Waals surface area (Å²) in [7, 11) is 0. The van der Waals surface area contributed by atoms with Crippen LogP contribution in [0.4, 0.5) is 0 Å². The van der Waals surface area contributed by atoms with Gasteiger partial charge in [-0.25, -0.2) is 0 Å². The molecule has 3 aliphatic rings. The van der Waals surface area contributed by atoms with Crippen molar-refractivity contribution in [3.05, 3.63) is 0 Å². The van der Waals surface area contributed by atoms with Gasteiger partial charge in [0.2, 0.25) is 6.29 Å². The molecule has 3 aliphatic carbocycles. The summed E-state index contributed by atoms with van der Waals surface area (Å²) in [5.74, 6) is 2.33. The molecular weight excluding hydrogens is 112 g/mol. The molecule has 0 N–H and O–H groups in total. The topological polar surface area (TPSA) is 17.1 Å². The molecule has 0 bridgehead atoms. The van der Waals surface area contributed by atoms with Gasteiger partial charge in [-0.05, 0) is 37.0 Å². The standard InChI is InChI=1S/C8H9O/c9-4-8-5-1-6(8)3-7(8)2-5/h5-7H,1-3H2. The monoisotopic (exact) mass is 121 g/mol. The van der Waals surface area contributed by atoms with Gasteiger partial charge in [-0.2, -0.15) is 0 Å². The van der Waals surface area contributed by atoms with Crippen molar-refractivity contribution in [3.8, 4) is 0 Å². The third-order valence-electron chi connectivity index (χ3n) is 3.91. The molecular formula is C8H9O. The van der Waals surface area contributed by atoms with Gasteiger partial charge in [0, 0.05) is 5.41 Å². The van der Waals surface area contributed by atoms with Gasteiger partial charge >= 0.3 is 0 Å². The molecule has 0 amide bonds. The molecule has 0 unspecified atom stereocenters. The van der Waals surface area contributed by atoms with E-state index >= 15 is 0 Å². The van der Waals surface area contributed by atoms with Crippen molar-refractivity contribution in [1.29, 1.82) is 0 Å². The predicted molar refractivity (Wildman–Crippen MR) is 32.4 cm³/mol. The Morgan fingerprint density at radius 2 is 1.56 bits per heavy atom. The van der Waals surface area contributed by atoms with Crippen LogP contribution in [0.25, 0.3) is 0 Å². The maximum atomic E-state index is 10.5. The summed E-state index contributed by atoms with van der Waals surface area (Å²) in [6.07, 6.45) is 6.28. The highest BCUT2D eigenvalue weighted by molar-refractivity contribution is 5.68. The molecule has 3 fully saturated rings. The second-order valence-corrected chi connectivity index (χ2v) is 3.83. The molecule has 0 aromatic heterocycles. The van der Waals surface area contributed by atoms with Crippen LogP contribution >= 0.6 is 0 Å². The summed E-state index contributed by atoms with van der Waals surface area (Å²) in [5.41, 5.74) is 0.153. The molecule has 3 saturated carbocycles. The molecule has 0 atom stereocenters. The molecule has 1 nitrogen and oxygen atoms in total. The minimum atomic E-state index is 0.153. The van der Waals surface area contributed by atoms with Crippen LogP contribution in [-0.4, -0.2) is 6.29 Å². The van der Waals surface area contributed by atoms with E-state index in [-0.39, 0.29) is 5.41 Å². The van der Waals surface area contributed by atoms with Crippen molar-refractivity contribution in [2.75, 3.05) is 0 Å². The minimum Gasteiger partial charge on any atom is -0.290 e. The first-order valence-corrected chi connectivity index (χ1v) is 3.77. The van der Waals surface area contributed by atoms with Crippen molar-refractivity contribution in [2.24, 2.45) is 23.2 Å². The van der Waals surface area contributed by atoms with Gasteiger partial charge in [0.25, 0.3) is 0 Å². The van der Waals surface area contributed by atoms with Gasteiger partial charge in [-0.15, -0.1) is 0 Å². The lowest BCUT2D eigenvalue weighted by Gasteiger charge is -2.74. The molecule has 9 heavy (non-hydrogen) atoms. The molecule has 0 saturated heterocycles. The fourth-order valence-electron chi connectivity index (χ4n) is 3.26. The molecule has 0 aromatic carbocycles. The van der Waals surface area contributed by atoms with E-state index in [0.717, 1.165) is 17.8 Å². The zero-order valence-electron chi connectivity index (χ0n) is 5.26. The zero-order valence-corrected chi connectivity index (χ0v) is 5.26. The Labute approximate surface area is 54.4 Å². The summed E-state index contributed by atoms with van der Waals surface area (Å²) in [6, 6.07) is 0. The van der Waals surface area contributed by atoms with Crippen LogP contribution in [-0.2, 0) is 4.79 Å². The van der Waals surface area contributed by atoms with Gasteiger partial charge < -0.3 is 0 Å². The smallest absolute Gasteiger partial charge is 0.205 e. The van der Waals surface area contributed by atoms with Crippen molar-refractivity contribution in [1.82, 2.24) is 0 Å². The van der Waals surface area contributed by atoms with Gasteiger partial charge in [0.05, 0.1) is 0 Å². The summed E-state index contributed by atoms with van der Waals surface area (Å²) in [4.78, 5) is 10.5. The molecule has 3 rings (SSSR count). The lowest BCUT2D eigenvalue weighted by atomic mass is 9.28. The summed E-state index contributed by atoms with van der Waals surface area (Å²) < 4.78 is 0. The number of carbonyl (C=O) groups excluding carboxylic acids is 1. The molecule has 0 spiro atoms. The molecule has 1 heteroatoms. The van der Waals surface area contributed by atoms with Crippen molar-refractivity contribution in [2.45, 2.75) is 19.3 Å². The summed E-state index contributed by atoms with van der Waals surface area (Å²) in [6.45, 7) is 0. The van der Waals surface area contributed by atoms with Gasteiger partial charge in [-0.1, -0.05) is 0 Å². The quantitative estimate of drug-likeness (QED) is 0.508. The first-order chi connectivity index (χ1) is 4.38. The molecule has 47 valence electrons. The highest BCUT2D eigenvalue weighted by atomic mass is 16.1. The average molecular weight is 121 g/mol. The van der Waals surface area contributed by atoms with Crippen molar-refractivity contribution < 1.29 is 4.79 Å². The van der Waals surface area contributed by atoms with Gasteiger partial charge in [0.1, 0.15) is 0 Å². The van der Waals surface area contributed by atoms with Gasteiger partial charge in [-0.3, -0.25) is 4.79 Å². The highest BCUT2D eigenvalue weighted by Crippen LogP contribution is 2.77. The summed E-state index contributed by atoms with van der Waals surface area (Å²) in [5, 5.41) is 0. The largest absolute Gasteiger partial charge is 0.290 e. The number of hydrogen-bond donors (Lipinski definition) is 0. The van der Waals surface area contributed by atoms with Crippen LogP contribution < -0.4 is 0 Å². The number of hydrogen-bond acceptors (Lipinski definition) is 1. The van der Waals surface area contributed by atoms with Crippen LogP contribution in [0, 0.1) is 23.2 Å². The van der Waals surface area contributed by atoms with Gasteiger partial charge in [0.15, 0.2) is 0 Å². The van der Waals surface area contributed by atoms with E-state index < -0.39 is 0 Å². The minimum absolute atomic E-state index is 0.153. The van der Waals surface area contributed by atoms with E-state index in [4.69, 9.17) is 0 Å². The van der Waals surface area contributed by atoms with Crippen LogP contribution in [0.1, 0.15) is 19.3 Å². The Balaban J connectivity index is 2.03. The Morgan fingerprint density at radius 3 is 1.67 bits per heavy atom. The first kappa shape index (κ1) is 4.48. The second-order valence-electron chi connectivity index (χ2n) is 3.83. The van der Waals surface area contributed by atoms with E-state index in [9.17, 15) is 4.79 Å². The third kappa shape index (κ3) is 0.231. The molecule has 0 aliphatic heterocycles. The molecule has 0 aromatic rings. The molecule has 0 heterocycles. The van der Waals surface area contributed by atoms with Crippen LogP contribution in [0.15, 0.2) is 0 Å². The zero-order chi connectivity index (χ0) is 6.06. The van der Waals surface area contributed by atoms with Crippen molar-refractivity contribution in [3.63, 3.8) is 0 Å². The Kier molecular flexibility index (Phi) is 0.487. The van der Waals surface area contributed by atoms with Crippen molar-refractivity contribution >= 4 is 6.29 Å². The maximum Gasteiger partial charge on any atom is 0.205 e. The lowest BCUT2D eigenvalue weighted by molar-refractivity contribution is -0.240. The average Bonchev–Trinajstić information content (AvgIpc) is 1.91. The van der Waals surface area contributed by atoms with Crippen LogP contribution in [0.5, 0.6) is 0 Å². The SMILES string of the molecule is O=[C]C12C3CC1CC2C3. The Hall–Kier alpha value is -0.330. The van der Waals surface area contributed by atoms with Crippen LogP contribution in [0.3, 0.4) is 0 Å². The molecule has 1 radical (unpaired) electrons. The van der Waals surface area contributed by atoms with E-state index in [1.54, 1.807) is 0 Å². The third-order valence-corrected chi connectivity index (χ3v) is 3.91. The Bertz CT molecular complexity index is 152. The maximum absolute atomic E-state index is 10.5. The Morgan fingerprint density at radius 1 is 1.11 bits per heavy atom. The van der Waals surface area contributed by atoms with Crippen LogP contribution in [0.2, 0.25) is 0 Å². The second kappa shape index (κ2) is 0.979.